The van der Waals surface area contributed by atoms with Gasteiger partial charge in [-0.2, -0.15) is 0 Å². The zero-order chi connectivity index (χ0) is 13.7. The van der Waals surface area contributed by atoms with Crippen molar-refractivity contribution in [3.05, 3.63) is 28.2 Å². The molecule has 98 valence electrons. The van der Waals surface area contributed by atoms with Gasteiger partial charge in [0, 0.05) is 17.6 Å². The molecule has 0 saturated heterocycles. The summed E-state index contributed by atoms with van der Waals surface area (Å²) in [5.74, 6) is -1.39. The van der Waals surface area contributed by atoms with E-state index < -0.39 is 11.9 Å². The summed E-state index contributed by atoms with van der Waals surface area (Å²) in [7, 11) is 0. The number of carbonyl (C=O) groups is 2. The molecule has 3 N–H and O–H groups in total. The molecule has 0 saturated carbocycles. The van der Waals surface area contributed by atoms with Crippen LogP contribution in [0, 0.1) is 0 Å². The van der Waals surface area contributed by atoms with Gasteiger partial charge in [-0.3, -0.25) is 9.59 Å². The topological polar surface area (TPSA) is 83.6 Å². The Morgan fingerprint density at radius 3 is 2.61 bits per heavy atom. The van der Waals surface area contributed by atoms with Gasteiger partial charge in [0.15, 0.2) is 0 Å². The van der Waals surface area contributed by atoms with Gasteiger partial charge in [0.05, 0.1) is 17.7 Å². The number of halogens is 1. The molecule has 18 heavy (non-hydrogen) atoms. The number of amides is 1. The SMILES string of the molecule is CCN(CCC(=O)O)c1cc(Br)ccc1C(N)=O. The van der Waals surface area contributed by atoms with E-state index in [2.05, 4.69) is 15.9 Å². The molecule has 1 rings (SSSR count). The number of rotatable bonds is 6. The Labute approximate surface area is 114 Å². The Morgan fingerprint density at radius 1 is 1.44 bits per heavy atom. The fraction of sp³-hybridized carbons (Fsp3) is 0.333. The predicted octanol–water partition coefficient (Wildman–Crippen LogP) is 1.85. The Bertz CT molecular complexity index is 463. The maximum atomic E-state index is 11.4. The molecule has 1 aromatic carbocycles. The molecule has 0 aromatic heterocycles. The summed E-state index contributed by atoms with van der Waals surface area (Å²) < 4.78 is 0.816. The molecule has 0 heterocycles. The van der Waals surface area contributed by atoms with Gasteiger partial charge in [-0.05, 0) is 25.1 Å². The van der Waals surface area contributed by atoms with Crippen molar-refractivity contribution in [3.8, 4) is 0 Å². The highest BCUT2D eigenvalue weighted by Gasteiger charge is 2.15. The number of nitrogens with two attached hydrogens (primary N) is 1. The molecule has 5 nitrogen and oxygen atoms in total. The normalized spacial score (nSPS) is 10.1. The molecule has 1 aromatic rings. The van der Waals surface area contributed by atoms with Crippen LogP contribution >= 0.6 is 15.9 Å². The first-order valence-electron chi connectivity index (χ1n) is 5.51. The summed E-state index contributed by atoms with van der Waals surface area (Å²) in [5.41, 5.74) is 6.36. The Hall–Kier alpha value is -1.56. The van der Waals surface area contributed by atoms with Crippen molar-refractivity contribution < 1.29 is 14.7 Å². The van der Waals surface area contributed by atoms with Gasteiger partial charge in [-0.25, -0.2) is 0 Å². The summed E-state index contributed by atoms with van der Waals surface area (Å²) in [6.07, 6.45) is 0.0125. The lowest BCUT2D eigenvalue weighted by atomic mass is 10.1. The molecule has 0 fully saturated rings. The molecule has 0 unspecified atom stereocenters. The quantitative estimate of drug-likeness (QED) is 0.839. The van der Waals surface area contributed by atoms with Crippen LogP contribution in [0.15, 0.2) is 22.7 Å². The number of aliphatic carboxylic acids is 1. The highest BCUT2D eigenvalue weighted by Crippen LogP contribution is 2.25. The van der Waals surface area contributed by atoms with Crippen LogP contribution in [0.25, 0.3) is 0 Å². The van der Waals surface area contributed by atoms with E-state index in [4.69, 9.17) is 10.8 Å². The summed E-state index contributed by atoms with van der Waals surface area (Å²) in [5, 5.41) is 8.71. The smallest absolute Gasteiger partial charge is 0.305 e. The van der Waals surface area contributed by atoms with E-state index in [1.165, 1.54) is 0 Å². The zero-order valence-electron chi connectivity index (χ0n) is 10.0. The molecule has 0 aliphatic rings. The van der Waals surface area contributed by atoms with Gasteiger partial charge in [-0.15, -0.1) is 0 Å². The van der Waals surface area contributed by atoms with Gasteiger partial charge in [-0.1, -0.05) is 15.9 Å². The highest BCUT2D eigenvalue weighted by atomic mass is 79.9. The molecule has 6 heteroatoms. The number of hydrogen-bond acceptors (Lipinski definition) is 3. The van der Waals surface area contributed by atoms with Crippen LogP contribution in [0.2, 0.25) is 0 Å². The van der Waals surface area contributed by atoms with E-state index in [0.29, 0.717) is 24.3 Å². The van der Waals surface area contributed by atoms with Crippen LogP contribution < -0.4 is 10.6 Å². The number of carboxylic acid groups (broad SMARTS) is 1. The predicted molar refractivity (Wildman–Crippen MR) is 72.8 cm³/mol. The van der Waals surface area contributed by atoms with Crippen molar-refractivity contribution in [2.45, 2.75) is 13.3 Å². The number of anilines is 1. The number of hydrogen-bond donors (Lipinski definition) is 2. The number of primary amides is 1. The molecule has 0 aliphatic carbocycles. The maximum absolute atomic E-state index is 11.4. The largest absolute Gasteiger partial charge is 0.481 e. The first-order chi connectivity index (χ1) is 8.45. The van der Waals surface area contributed by atoms with Crippen molar-refractivity contribution >= 4 is 33.5 Å². The van der Waals surface area contributed by atoms with E-state index in [1.807, 2.05) is 11.8 Å². The van der Waals surface area contributed by atoms with Gasteiger partial charge < -0.3 is 15.7 Å². The minimum Gasteiger partial charge on any atom is -0.481 e. The lowest BCUT2D eigenvalue weighted by molar-refractivity contribution is -0.136. The van der Waals surface area contributed by atoms with Crippen LogP contribution in [0.3, 0.4) is 0 Å². The minimum absolute atomic E-state index is 0.0125. The van der Waals surface area contributed by atoms with Crippen molar-refractivity contribution in [1.29, 1.82) is 0 Å². The van der Waals surface area contributed by atoms with Gasteiger partial charge in [0.25, 0.3) is 5.91 Å². The molecular weight excluding hydrogens is 300 g/mol. The molecule has 0 aliphatic heterocycles. The van der Waals surface area contributed by atoms with E-state index in [0.717, 1.165) is 4.47 Å². The van der Waals surface area contributed by atoms with E-state index >= 15 is 0 Å². The molecule has 0 atom stereocenters. The fourth-order valence-electron chi connectivity index (χ4n) is 1.65. The second kappa shape index (κ2) is 6.39. The molecule has 0 bridgehead atoms. The number of carbonyl (C=O) groups excluding carboxylic acids is 1. The fourth-order valence-corrected chi connectivity index (χ4v) is 2.00. The average molecular weight is 315 g/mol. The second-order valence-corrected chi connectivity index (χ2v) is 4.66. The average Bonchev–Trinajstić information content (AvgIpc) is 2.29. The minimum atomic E-state index is -0.871. The summed E-state index contributed by atoms with van der Waals surface area (Å²) in [4.78, 5) is 23.8. The van der Waals surface area contributed by atoms with Crippen LogP contribution in [0.1, 0.15) is 23.7 Å². The van der Waals surface area contributed by atoms with Crippen LogP contribution in [0.5, 0.6) is 0 Å². The number of benzene rings is 1. The Kier molecular flexibility index (Phi) is 5.15. The third-order valence-electron chi connectivity index (χ3n) is 2.54. The Balaban J connectivity index is 3.06. The molecule has 0 radical (unpaired) electrons. The van der Waals surface area contributed by atoms with Crippen LogP contribution in [0.4, 0.5) is 5.69 Å². The lowest BCUT2D eigenvalue weighted by Gasteiger charge is -2.24. The van der Waals surface area contributed by atoms with Crippen molar-refractivity contribution in [1.82, 2.24) is 0 Å². The highest BCUT2D eigenvalue weighted by molar-refractivity contribution is 9.10. The van der Waals surface area contributed by atoms with Gasteiger partial charge in [0.1, 0.15) is 0 Å². The summed E-state index contributed by atoms with van der Waals surface area (Å²) >= 11 is 3.33. The third kappa shape index (κ3) is 3.73. The number of nitrogens with zero attached hydrogens (tertiary/aromatic N) is 1. The van der Waals surface area contributed by atoms with Gasteiger partial charge >= 0.3 is 5.97 Å². The van der Waals surface area contributed by atoms with Gasteiger partial charge in [0.2, 0.25) is 0 Å². The van der Waals surface area contributed by atoms with Crippen LogP contribution in [-0.4, -0.2) is 30.1 Å². The molecule has 1 amide bonds. The maximum Gasteiger partial charge on any atom is 0.305 e. The lowest BCUT2D eigenvalue weighted by Crippen LogP contribution is -2.28. The first kappa shape index (κ1) is 14.5. The standard InChI is InChI=1S/C12H15BrN2O3/c1-2-15(6-5-11(16)17)10-7-8(13)3-4-9(10)12(14)18/h3-4,7H,2,5-6H2,1H3,(H2,14,18)(H,16,17). The number of carboxylic acids is 1. The van der Waals surface area contributed by atoms with E-state index in [9.17, 15) is 9.59 Å². The first-order valence-corrected chi connectivity index (χ1v) is 6.31. The molecule has 0 spiro atoms. The molecular formula is C12H15BrN2O3. The van der Waals surface area contributed by atoms with E-state index in [1.54, 1.807) is 18.2 Å². The van der Waals surface area contributed by atoms with Crippen molar-refractivity contribution in [3.63, 3.8) is 0 Å². The van der Waals surface area contributed by atoms with Crippen molar-refractivity contribution in [2.75, 3.05) is 18.0 Å². The third-order valence-corrected chi connectivity index (χ3v) is 3.04. The summed E-state index contributed by atoms with van der Waals surface area (Å²) in [6.45, 7) is 2.83. The van der Waals surface area contributed by atoms with E-state index in [-0.39, 0.29) is 6.42 Å². The second-order valence-electron chi connectivity index (χ2n) is 3.75. The summed E-state index contributed by atoms with van der Waals surface area (Å²) in [6, 6.07) is 5.13. The Morgan fingerprint density at radius 2 is 2.11 bits per heavy atom. The van der Waals surface area contributed by atoms with Crippen LogP contribution in [-0.2, 0) is 4.79 Å². The monoisotopic (exact) mass is 314 g/mol. The van der Waals surface area contributed by atoms with Crippen molar-refractivity contribution in [2.24, 2.45) is 5.73 Å². The zero-order valence-corrected chi connectivity index (χ0v) is 11.6.